The Labute approximate surface area is 169 Å². The minimum atomic E-state index is -4.20. The third-order valence-electron chi connectivity index (χ3n) is 3.58. The Morgan fingerprint density at radius 1 is 0.857 bits per heavy atom. The lowest BCUT2D eigenvalue weighted by Crippen LogP contribution is -2.24. The van der Waals surface area contributed by atoms with Gasteiger partial charge in [0.2, 0.25) is 10.0 Å². The third kappa shape index (κ3) is 5.45. The highest BCUT2D eigenvalue weighted by molar-refractivity contribution is 7.93. The summed E-state index contributed by atoms with van der Waals surface area (Å²) < 4.78 is 77.3. The maximum Gasteiger partial charge on any atom is 0.263 e. The molecule has 0 aliphatic carbocycles. The molecule has 0 atom stereocenters. The van der Waals surface area contributed by atoms with Crippen LogP contribution in [-0.4, -0.2) is 38.1 Å². The van der Waals surface area contributed by atoms with Crippen molar-refractivity contribution in [3.8, 4) is 0 Å². The SMILES string of the molecule is CCCNS(=O)(=O)c1ccc(NS(=O)(=O)c2cc(S(C)(=O)=O)ccc2Cl)cc1. The van der Waals surface area contributed by atoms with Gasteiger partial charge in [-0.1, -0.05) is 18.5 Å². The predicted octanol–water partition coefficient (Wildman–Crippen LogP) is 2.23. The molecule has 2 N–H and O–H groups in total. The zero-order chi connectivity index (χ0) is 21.2. The molecule has 12 heteroatoms. The van der Waals surface area contributed by atoms with Gasteiger partial charge in [-0.2, -0.15) is 0 Å². The van der Waals surface area contributed by atoms with E-state index in [1.54, 1.807) is 0 Å². The molecule has 0 aliphatic heterocycles. The molecule has 0 bridgehead atoms. The van der Waals surface area contributed by atoms with Crippen molar-refractivity contribution in [1.29, 1.82) is 0 Å². The first-order valence-corrected chi connectivity index (χ1v) is 13.2. The molecule has 28 heavy (non-hydrogen) atoms. The highest BCUT2D eigenvalue weighted by Gasteiger charge is 2.21. The predicted molar refractivity (Wildman–Crippen MR) is 107 cm³/mol. The van der Waals surface area contributed by atoms with E-state index < -0.39 is 34.8 Å². The largest absolute Gasteiger partial charge is 0.280 e. The van der Waals surface area contributed by atoms with Crippen LogP contribution in [0, 0.1) is 0 Å². The maximum atomic E-state index is 12.6. The number of hydrogen-bond donors (Lipinski definition) is 2. The second-order valence-corrected chi connectivity index (χ2v) is 11.7. The maximum absolute atomic E-state index is 12.6. The Bertz CT molecular complexity index is 1180. The molecule has 0 radical (unpaired) electrons. The number of nitrogens with one attached hydrogen (secondary N) is 2. The van der Waals surface area contributed by atoms with E-state index in [1.165, 1.54) is 36.4 Å². The molecule has 0 aromatic heterocycles. The lowest BCUT2D eigenvalue weighted by molar-refractivity contribution is 0.580. The van der Waals surface area contributed by atoms with Crippen LogP contribution < -0.4 is 9.44 Å². The van der Waals surface area contributed by atoms with Crippen LogP contribution in [0.2, 0.25) is 5.02 Å². The van der Waals surface area contributed by atoms with E-state index in [9.17, 15) is 25.3 Å². The fraction of sp³-hybridized carbons (Fsp3) is 0.250. The van der Waals surface area contributed by atoms with E-state index in [2.05, 4.69) is 9.44 Å². The van der Waals surface area contributed by atoms with Crippen LogP contribution >= 0.6 is 11.6 Å². The molecule has 0 fully saturated rings. The standard InChI is InChI=1S/C16H19ClN2O6S3/c1-3-10-18-27(22,23)13-6-4-12(5-7-13)19-28(24,25)16-11-14(26(2,20)21)8-9-15(16)17/h4-9,11,18-19H,3,10H2,1-2H3. The first kappa shape index (κ1) is 22.6. The molecule has 0 heterocycles. The molecule has 0 saturated heterocycles. The van der Waals surface area contributed by atoms with Crippen LogP contribution in [-0.2, 0) is 29.9 Å². The third-order valence-corrected chi connectivity index (χ3v) is 8.03. The average Bonchev–Trinajstić information content (AvgIpc) is 2.59. The lowest BCUT2D eigenvalue weighted by Gasteiger charge is -2.11. The van der Waals surface area contributed by atoms with Gasteiger partial charge < -0.3 is 0 Å². The van der Waals surface area contributed by atoms with E-state index in [1.807, 2.05) is 6.92 Å². The molecular formula is C16H19ClN2O6S3. The first-order valence-electron chi connectivity index (χ1n) is 7.99. The van der Waals surface area contributed by atoms with E-state index in [0.29, 0.717) is 6.42 Å². The lowest BCUT2D eigenvalue weighted by atomic mass is 10.3. The Balaban J connectivity index is 2.33. The van der Waals surface area contributed by atoms with Crippen molar-refractivity contribution >= 4 is 47.2 Å². The quantitative estimate of drug-likeness (QED) is 0.614. The number of benzene rings is 2. The summed E-state index contributed by atoms with van der Waals surface area (Å²) in [5, 5.41) is -0.150. The fourth-order valence-corrected chi connectivity index (χ4v) is 5.59. The first-order chi connectivity index (χ1) is 12.9. The van der Waals surface area contributed by atoms with Gasteiger partial charge in [-0.05, 0) is 48.9 Å². The summed E-state index contributed by atoms with van der Waals surface area (Å²) in [6.45, 7) is 2.11. The minimum Gasteiger partial charge on any atom is -0.280 e. The van der Waals surface area contributed by atoms with Crippen LogP contribution in [0.5, 0.6) is 0 Å². The van der Waals surface area contributed by atoms with Crippen LogP contribution in [0.1, 0.15) is 13.3 Å². The number of halogens is 1. The summed E-state index contributed by atoms with van der Waals surface area (Å²) in [7, 11) is -11.5. The summed E-state index contributed by atoms with van der Waals surface area (Å²) >= 11 is 5.93. The van der Waals surface area contributed by atoms with E-state index in [-0.39, 0.29) is 27.0 Å². The average molecular weight is 467 g/mol. The van der Waals surface area contributed by atoms with Gasteiger partial charge in [-0.15, -0.1) is 0 Å². The van der Waals surface area contributed by atoms with Crippen LogP contribution in [0.4, 0.5) is 5.69 Å². The number of sulfone groups is 1. The summed E-state index contributed by atoms with van der Waals surface area (Å²) in [6, 6.07) is 8.43. The molecule has 2 aromatic carbocycles. The molecule has 2 aromatic rings. The Morgan fingerprint density at radius 2 is 1.43 bits per heavy atom. The number of sulfonamides is 2. The summed E-state index contributed by atoms with van der Waals surface area (Å²) in [5.41, 5.74) is 0.0928. The number of hydrogen-bond acceptors (Lipinski definition) is 6. The zero-order valence-electron chi connectivity index (χ0n) is 15.0. The van der Waals surface area contributed by atoms with Gasteiger partial charge in [0.1, 0.15) is 4.90 Å². The summed E-state index contributed by atoms with van der Waals surface area (Å²) in [4.78, 5) is -0.611. The molecular weight excluding hydrogens is 448 g/mol. The van der Waals surface area contributed by atoms with Crippen molar-refractivity contribution in [3.63, 3.8) is 0 Å². The molecule has 8 nitrogen and oxygen atoms in total. The van der Waals surface area contributed by atoms with Gasteiger partial charge in [-0.25, -0.2) is 30.0 Å². The van der Waals surface area contributed by atoms with Crippen molar-refractivity contribution in [1.82, 2.24) is 4.72 Å². The molecule has 0 aliphatic rings. The Morgan fingerprint density at radius 3 is 1.96 bits per heavy atom. The molecule has 154 valence electrons. The van der Waals surface area contributed by atoms with Crippen LogP contribution in [0.15, 0.2) is 57.2 Å². The van der Waals surface area contributed by atoms with E-state index >= 15 is 0 Å². The minimum absolute atomic E-state index is 0.0130. The van der Waals surface area contributed by atoms with Gasteiger partial charge in [0, 0.05) is 18.5 Å². The monoisotopic (exact) mass is 466 g/mol. The highest BCUT2D eigenvalue weighted by Crippen LogP contribution is 2.27. The van der Waals surface area contributed by atoms with Gasteiger partial charge in [0.05, 0.1) is 14.8 Å². The second kappa shape index (κ2) is 8.37. The summed E-state index contributed by atoms with van der Waals surface area (Å²) in [6.07, 6.45) is 1.58. The molecule has 0 spiro atoms. The smallest absolute Gasteiger partial charge is 0.263 e. The second-order valence-electron chi connectivity index (χ2n) is 5.89. The van der Waals surface area contributed by atoms with Crippen molar-refractivity contribution < 1.29 is 25.3 Å². The Hall–Kier alpha value is -1.66. The van der Waals surface area contributed by atoms with Gasteiger partial charge in [0.25, 0.3) is 10.0 Å². The highest BCUT2D eigenvalue weighted by atomic mass is 35.5. The number of anilines is 1. The van der Waals surface area contributed by atoms with Gasteiger partial charge in [0.15, 0.2) is 9.84 Å². The van der Waals surface area contributed by atoms with Gasteiger partial charge in [-0.3, -0.25) is 4.72 Å². The summed E-state index contributed by atoms with van der Waals surface area (Å²) in [5.74, 6) is 0. The number of rotatable bonds is 8. The fourth-order valence-electron chi connectivity index (χ4n) is 2.15. The van der Waals surface area contributed by atoms with Crippen LogP contribution in [0.25, 0.3) is 0 Å². The topological polar surface area (TPSA) is 126 Å². The normalized spacial score (nSPS) is 12.7. The van der Waals surface area contributed by atoms with Crippen molar-refractivity contribution in [3.05, 3.63) is 47.5 Å². The van der Waals surface area contributed by atoms with E-state index in [4.69, 9.17) is 11.6 Å². The van der Waals surface area contributed by atoms with Crippen molar-refractivity contribution in [2.24, 2.45) is 0 Å². The molecule has 2 rings (SSSR count). The van der Waals surface area contributed by atoms with Crippen LogP contribution in [0.3, 0.4) is 0 Å². The van der Waals surface area contributed by atoms with E-state index in [0.717, 1.165) is 12.3 Å². The Kier molecular flexibility index (Phi) is 6.77. The molecule has 0 saturated carbocycles. The van der Waals surface area contributed by atoms with Crippen molar-refractivity contribution in [2.45, 2.75) is 28.0 Å². The van der Waals surface area contributed by atoms with Gasteiger partial charge >= 0.3 is 0 Å². The molecule has 0 amide bonds. The van der Waals surface area contributed by atoms with Crippen molar-refractivity contribution in [2.75, 3.05) is 17.5 Å². The molecule has 0 unspecified atom stereocenters. The zero-order valence-corrected chi connectivity index (χ0v) is 18.2.